The SMILES string of the molecule is Cc1ccc(Cn2cc(C(=O)NC3=CCC(=O)C(C4=Cc5cc(CN6CCCC6)ccc5C4)=C3)cn2)cc1. The van der Waals surface area contributed by atoms with Crippen molar-refractivity contribution in [2.24, 2.45) is 0 Å². The van der Waals surface area contributed by atoms with E-state index in [1.807, 2.05) is 6.08 Å². The van der Waals surface area contributed by atoms with Crippen LogP contribution in [0.4, 0.5) is 0 Å². The quantitative estimate of drug-likeness (QED) is 0.492. The lowest BCUT2D eigenvalue weighted by Crippen LogP contribution is -2.24. The Balaban J connectivity index is 1.13. The van der Waals surface area contributed by atoms with Crippen molar-refractivity contribution in [2.75, 3.05) is 13.1 Å². The smallest absolute Gasteiger partial charge is 0.258 e. The van der Waals surface area contributed by atoms with Gasteiger partial charge in [0.2, 0.25) is 0 Å². The van der Waals surface area contributed by atoms with Crippen LogP contribution >= 0.6 is 0 Å². The van der Waals surface area contributed by atoms with Crippen LogP contribution in [-0.2, 0) is 24.3 Å². The second-order valence-electron chi connectivity index (χ2n) is 10.6. The van der Waals surface area contributed by atoms with E-state index in [4.69, 9.17) is 0 Å². The standard InChI is InChI=1S/C32H32N4O2/c1-22-4-6-23(7-5-22)20-36-21-28(18-33-36)32(38)34-29-10-11-31(37)30(17-29)27-15-25-9-8-24(14-26(25)16-27)19-35-12-2-3-13-35/h4-10,14,16-18,21H,2-3,11-13,15,19-20H2,1H3,(H,34,38). The van der Waals surface area contributed by atoms with Crippen molar-refractivity contribution in [3.05, 3.63) is 117 Å². The molecule has 2 aromatic carbocycles. The summed E-state index contributed by atoms with van der Waals surface area (Å²) < 4.78 is 1.76. The summed E-state index contributed by atoms with van der Waals surface area (Å²) in [4.78, 5) is 28.3. The Morgan fingerprint density at radius 3 is 2.61 bits per heavy atom. The van der Waals surface area contributed by atoms with Crippen LogP contribution in [0, 0.1) is 6.92 Å². The topological polar surface area (TPSA) is 67.2 Å². The zero-order chi connectivity index (χ0) is 26.1. The molecule has 1 fully saturated rings. The number of nitrogens with one attached hydrogen (secondary N) is 1. The number of hydrogen-bond acceptors (Lipinski definition) is 4. The molecule has 1 saturated heterocycles. The number of benzene rings is 2. The minimum Gasteiger partial charge on any atom is -0.322 e. The number of aromatic nitrogens is 2. The molecule has 6 nitrogen and oxygen atoms in total. The van der Waals surface area contributed by atoms with Crippen molar-refractivity contribution in [1.82, 2.24) is 20.0 Å². The van der Waals surface area contributed by atoms with Gasteiger partial charge in [-0.3, -0.25) is 19.2 Å². The third kappa shape index (κ3) is 5.31. The highest BCUT2D eigenvalue weighted by Gasteiger charge is 2.24. The molecule has 2 aliphatic carbocycles. The number of likely N-dealkylation sites (tertiary alicyclic amines) is 1. The molecule has 0 radical (unpaired) electrons. The van der Waals surface area contributed by atoms with Gasteiger partial charge in [-0.2, -0.15) is 5.10 Å². The summed E-state index contributed by atoms with van der Waals surface area (Å²) in [6.45, 7) is 5.99. The van der Waals surface area contributed by atoms with Gasteiger partial charge in [-0.05, 0) is 73.2 Å². The molecule has 0 atom stereocenters. The van der Waals surface area contributed by atoms with Gasteiger partial charge in [0.05, 0.1) is 18.3 Å². The molecule has 192 valence electrons. The Morgan fingerprint density at radius 1 is 1.00 bits per heavy atom. The molecule has 0 unspecified atom stereocenters. The van der Waals surface area contributed by atoms with Crippen molar-refractivity contribution in [1.29, 1.82) is 0 Å². The molecule has 0 saturated carbocycles. The number of ketones is 1. The number of Topliss-reactive ketones (excluding diaryl/α,β-unsaturated/α-hetero) is 1. The average molecular weight is 505 g/mol. The van der Waals surface area contributed by atoms with E-state index in [-0.39, 0.29) is 18.1 Å². The first-order chi connectivity index (χ1) is 18.5. The normalized spacial score (nSPS) is 17.2. The van der Waals surface area contributed by atoms with Gasteiger partial charge < -0.3 is 5.32 Å². The van der Waals surface area contributed by atoms with E-state index < -0.39 is 0 Å². The monoisotopic (exact) mass is 504 g/mol. The fourth-order valence-electron chi connectivity index (χ4n) is 5.47. The Labute approximate surface area is 223 Å². The number of nitrogens with zero attached hydrogens (tertiary/aromatic N) is 3. The molecule has 1 N–H and O–H groups in total. The second kappa shape index (κ2) is 10.4. The van der Waals surface area contributed by atoms with Gasteiger partial charge in [-0.1, -0.05) is 60.2 Å². The molecule has 38 heavy (non-hydrogen) atoms. The summed E-state index contributed by atoms with van der Waals surface area (Å²) in [6.07, 6.45) is 12.7. The minimum absolute atomic E-state index is 0.0882. The van der Waals surface area contributed by atoms with E-state index in [1.165, 1.54) is 48.2 Å². The van der Waals surface area contributed by atoms with Crippen molar-refractivity contribution >= 4 is 17.8 Å². The van der Waals surface area contributed by atoms with Crippen LogP contribution in [0.1, 0.15) is 57.4 Å². The number of carbonyl (C=O) groups is 2. The van der Waals surface area contributed by atoms with Gasteiger partial charge in [0.15, 0.2) is 5.78 Å². The zero-order valence-electron chi connectivity index (χ0n) is 21.7. The summed E-state index contributed by atoms with van der Waals surface area (Å²) in [5, 5.41) is 7.33. The van der Waals surface area contributed by atoms with Crippen molar-refractivity contribution in [2.45, 2.75) is 45.7 Å². The molecule has 3 aromatic rings. The van der Waals surface area contributed by atoms with Crippen LogP contribution in [0.25, 0.3) is 6.08 Å². The lowest BCUT2D eigenvalue weighted by Gasteiger charge is -2.15. The highest BCUT2D eigenvalue weighted by atomic mass is 16.1. The summed E-state index contributed by atoms with van der Waals surface area (Å²) in [7, 11) is 0. The summed E-state index contributed by atoms with van der Waals surface area (Å²) in [5.41, 5.74) is 8.96. The number of rotatable bonds is 7. The summed E-state index contributed by atoms with van der Waals surface area (Å²) in [5.74, 6) is -0.142. The Hall–Kier alpha value is -4.03. The Morgan fingerprint density at radius 2 is 1.79 bits per heavy atom. The van der Waals surface area contributed by atoms with Crippen molar-refractivity contribution in [3.63, 3.8) is 0 Å². The van der Waals surface area contributed by atoms with Crippen LogP contribution in [0.5, 0.6) is 0 Å². The molecular formula is C32H32N4O2. The first-order valence-corrected chi connectivity index (χ1v) is 13.4. The predicted octanol–water partition coefficient (Wildman–Crippen LogP) is 4.99. The van der Waals surface area contributed by atoms with E-state index in [1.54, 1.807) is 23.2 Å². The number of aryl methyl sites for hydroxylation is 1. The van der Waals surface area contributed by atoms with E-state index in [0.717, 1.165) is 24.1 Å². The van der Waals surface area contributed by atoms with E-state index in [9.17, 15) is 9.59 Å². The molecule has 1 aromatic heterocycles. The number of amides is 1. The number of allylic oxidation sites excluding steroid dienone is 4. The van der Waals surface area contributed by atoms with Crippen LogP contribution in [0.15, 0.2) is 83.9 Å². The van der Waals surface area contributed by atoms with Gasteiger partial charge in [-0.15, -0.1) is 0 Å². The van der Waals surface area contributed by atoms with Crippen LogP contribution in [-0.4, -0.2) is 39.5 Å². The van der Waals surface area contributed by atoms with Gasteiger partial charge in [0.1, 0.15) is 0 Å². The molecule has 1 aliphatic heterocycles. The highest BCUT2D eigenvalue weighted by Crippen LogP contribution is 2.33. The second-order valence-corrected chi connectivity index (χ2v) is 10.6. The fraction of sp³-hybridized carbons (Fsp3) is 0.281. The van der Waals surface area contributed by atoms with E-state index in [0.29, 0.717) is 23.4 Å². The third-order valence-electron chi connectivity index (χ3n) is 7.60. The summed E-state index contributed by atoms with van der Waals surface area (Å²) >= 11 is 0. The largest absolute Gasteiger partial charge is 0.322 e. The highest BCUT2D eigenvalue weighted by molar-refractivity contribution is 6.04. The first-order valence-electron chi connectivity index (χ1n) is 13.4. The van der Waals surface area contributed by atoms with Gasteiger partial charge in [0.25, 0.3) is 5.91 Å². The maximum atomic E-state index is 13.0. The molecular weight excluding hydrogens is 472 g/mol. The lowest BCUT2D eigenvalue weighted by atomic mass is 9.93. The van der Waals surface area contributed by atoms with Crippen molar-refractivity contribution in [3.8, 4) is 0 Å². The average Bonchev–Trinajstić information content (AvgIpc) is 3.68. The minimum atomic E-state index is -0.230. The van der Waals surface area contributed by atoms with Crippen molar-refractivity contribution < 1.29 is 9.59 Å². The maximum absolute atomic E-state index is 13.0. The zero-order valence-corrected chi connectivity index (χ0v) is 21.7. The number of hydrogen-bond donors (Lipinski definition) is 1. The van der Waals surface area contributed by atoms with E-state index >= 15 is 0 Å². The van der Waals surface area contributed by atoms with Gasteiger partial charge >= 0.3 is 0 Å². The molecule has 6 heteroatoms. The number of carbonyl (C=O) groups excluding carboxylic acids is 2. The predicted molar refractivity (Wildman–Crippen MR) is 148 cm³/mol. The van der Waals surface area contributed by atoms with Gasteiger partial charge in [-0.25, -0.2) is 0 Å². The summed E-state index contributed by atoms with van der Waals surface area (Å²) in [6, 6.07) is 15.0. The van der Waals surface area contributed by atoms with Crippen LogP contribution < -0.4 is 5.32 Å². The molecule has 0 spiro atoms. The fourth-order valence-corrected chi connectivity index (χ4v) is 5.47. The molecule has 0 bridgehead atoms. The first kappa shape index (κ1) is 24.3. The Kier molecular flexibility index (Phi) is 6.64. The molecule has 3 aliphatic rings. The van der Waals surface area contributed by atoms with Crippen LogP contribution in [0.3, 0.4) is 0 Å². The third-order valence-corrected chi connectivity index (χ3v) is 7.60. The Bertz CT molecular complexity index is 1480. The lowest BCUT2D eigenvalue weighted by molar-refractivity contribution is -0.114. The molecule has 2 heterocycles. The molecule has 1 amide bonds. The van der Waals surface area contributed by atoms with Crippen LogP contribution in [0.2, 0.25) is 0 Å². The number of fused-ring (bicyclic) bond motifs is 1. The van der Waals surface area contributed by atoms with E-state index in [2.05, 4.69) is 70.8 Å². The molecule has 6 rings (SSSR count). The van der Waals surface area contributed by atoms with Gasteiger partial charge in [0, 0.05) is 30.4 Å². The maximum Gasteiger partial charge on any atom is 0.258 e.